The summed E-state index contributed by atoms with van der Waals surface area (Å²) in [7, 11) is 5.42. The van der Waals surface area contributed by atoms with E-state index in [1.54, 1.807) is 31.3 Å². The molecule has 0 atom stereocenters. The second-order valence-electron chi connectivity index (χ2n) is 5.96. The first kappa shape index (κ1) is 15.9. The van der Waals surface area contributed by atoms with Crippen LogP contribution in [0, 0.1) is 0 Å². The minimum absolute atomic E-state index is 0.0482. The molecule has 0 N–H and O–H groups in total. The van der Waals surface area contributed by atoms with E-state index < -0.39 is 0 Å². The average Bonchev–Trinajstić information content (AvgIpc) is 2.61. The Morgan fingerprint density at radius 2 is 1.79 bits per heavy atom. The number of nitrogens with zero attached hydrogens (tertiary/aromatic N) is 4. The van der Waals surface area contributed by atoms with Gasteiger partial charge in [0, 0.05) is 32.7 Å². The van der Waals surface area contributed by atoms with Crippen LogP contribution in [0.4, 0.5) is 5.82 Å². The van der Waals surface area contributed by atoms with Crippen molar-refractivity contribution in [2.45, 2.75) is 6.54 Å². The zero-order valence-corrected chi connectivity index (χ0v) is 14.1. The molecule has 1 aromatic carbocycles. The molecule has 0 unspecified atom stereocenters. The maximum Gasteiger partial charge on any atom is 0.254 e. The van der Waals surface area contributed by atoms with Crippen LogP contribution in [0.1, 0.15) is 16.1 Å². The molecule has 0 aliphatic carbocycles. The highest BCUT2D eigenvalue weighted by molar-refractivity contribution is 5.93. The number of para-hydroxylation sites is 1. The standard InChI is InChI=1S/C19H20N4O/c1-22(2)19(24)15-9-11-18(20-12-15)23(3)13-16-10-8-14-6-4-5-7-17(14)21-16/h4-12H,13H2,1-3H3. The Balaban J connectivity index is 1.76. The van der Waals surface area contributed by atoms with E-state index in [1.807, 2.05) is 42.3 Å². The lowest BCUT2D eigenvalue weighted by Crippen LogP contribution is -2.22. The van der Waals surface area contributed by atoms with E-state index in [2.05, 4.69) is 22.1 Å². The van der Waals surface area contributed by atoms with Gasteiger partial charge in [-0.2, -0.15) is 0 Å². The molecule has 5 heteroatoms. The average molecular weight is 320 g/mol. The van der Waals surface area contributed by atoms with Crippen LogP contribution in [0.3, 0.4) is 0 Å². The Morgan fingerprint density at radius 3 is 2.50 bits per heavy atom. The van der Waals surface area contributed by atoms with E-state index in [0.29, 0.717) is 12.1 Å². The number of carbonyl (C=O) groups is 1. The lowest BCUT2D eigenvalue weighted by atomic mass is 10.2. The van der Waals surface area contributed by atoms with Gasteiger partial charge in [-0.15, -0.1) is 0 Å². The normalized spacial score (nSPS) is 10.6. The second kappa shape index (κ2) is 6.66. The van der Waals surface area contributed by atoms with Gasteiger partial charge in [0.05, 0.1) is 23.3 Å². The summed E-state index contributed by atoms with van der Waals surface area (Å²) in [5.41, 5.74) is 2.55. The second-order valence-corrected chi connectivity index (χ2v) is 5.96. The van der Waals surface area contributed by atoms with E-state index in [0.717, 1.165) is 22.4 Å². The Hall–Kier alpha value is -2.95. The number of anilines is 1. The molecule has 1 amide bonds. The minimum Gasteiger partial charge on any atom is -0.354 e. The fourth-order valence-electron chi connectivity index (χ4n) is 2.52. The topological polar surface area (TPSA) is 49.3 Å². The molecule has 0 saturated heterocycles. The molecule has 24 heavy (non-hydrogen) atoms. The Labute approximate surface area is 141 Å². The molecule has 0 saturated carbocycles. The number of pyridine rings is 2. The van der Waals surface area contributed by atoms with Gasteiger partial charge < -0.3 is 9.80 Å². The summed E-state index contributed by atoms with van der Waals surface area (Å²) in [4.78, 5) is 24.5. The first-order valence-electron chi connectivity index (χ1n) is 7.78. The van der Waals surface area contributed by atoms with E-state index in [-0.39, 0.29) is 5.91 Å². The van der Waals surface area contributed by atoms with Crippen LogP contribution in [0.2, 0.25) is 0 Å². The van der Waals surface area contributed by atoms with Crippen molar-refractivity contribution in [1.29, 1.82) is 0 Å². The molecule has 0 spiro atoms. The fraction of sp³-hybridized carbons (Fsp3) is 0.211. The van der Waals surface area contributed by atoms with Crippen LogP contribution in [0.15, 0.2) is 54.7 Å². The molecule has 0 bridgehead atoms. The Bertz CT molecular complexity index is 859. The quantitative estimate of drug-likeness (QED) is 0.741. The summed E-state index contributed by atoms with van der Waals surface area (Å²) in [6, 6.07) is 15.8. The molecule has 0 aliphatic heterocycles. The monoisotopic (exact) mass is 320 g/mol. The highest BCUT2D eigenvalue weighted by Gasteiger charge is 2.10. The van der Waals surface area contributed by atoms with E-state index in [1.165, 1.54) is 0 Å². The molecule has 3 aromatic rings. The molecular formula is C19H20N4O. The highest BCUT2D eigenvalue weighted by atomic mass is 16.2. The molecule has 5 nitrogen and oxygen atoms in total. The summed E-state index contributed by atoms with van der Waals surface area (Å²) in [5.74, 6) is 0.758. The summed E-state index contributed by atoms with van der Waals surface area (Å²) in [6.45, 7) is 0.652. The summed E-state index contributed by atoms with van der Waals surface area (Å²) < 4.78 is 0. The zero-order valence-electron chi connectivity index (χ0n) is 14.1. The molecular weight excluding hydrogens is 300 g/mol. The Morgan fingerprint density at radius 1 is 1.00 bits per heavy atom. The van der Waals surface area contributed by atoms with Crippen molar-refractivity contribution in [3.05, 3.63) is 66.0 Å². The van der Waals surface area contributed by atoms with Crippen LogP contribution in [0.25, 0.3) is 10.9 Å². The third kappa shape index (κ3) is 3.35. The van der Waals surface area contributed by atoms with Crippen molar-refractivity contribution in [2.24, 2.45) is 0 Å². The van der Waals surface area contributed by atoms with Crippen LogP contribution in [-0.4, -0.2) is 41.9 Å². The zero-order chi connectivity index (χ0) is 17.1. The predicted molar refractivity (Wildman–Crippen MR) is 96.1 cm³/mol. The number of carbonyl (C=O) groups excluding carboxylic acids is 1. The van der Waals surface area contributed by atoms with Crippen LogP contribution >= 0.6 is 0 Å². The third-order valence-corrected chi connectivity index (χ3v) is 3.85. The highest BCUT2D eigenvalue weighted by Crippen LogP contribution is 2.16. The lowest BCUT2D eigenvalue weighted by Gasteiger charge is -2.18. The maximum absolute atomic E-state index is 11.9. The number of amides is 1. The van der Waals surface area contributed by atoms with Gasteiger partial charge >= 0.3 is 0 Å². The summed E-state index contributed by atoms with van der Waals surface area (Å²) in [5, 5.41) is 1.13. The van der Waals surface area contributed by atoms with Crippen LogP contribution < -0.4 is 4.90 Å². The molecule has 0 fully saturated rings. The molecule has 0 radical (unpaired) electrons. The molecule has 2 aromatic heterocycles. The van der Waals surface area contributed by atoms with Crippen molar-refractivity contribution >= 4 is 22.6 Å². The SMILES string of the molecule is CN(C)C(=O)c1ccc(N(C)Cc2ccc3ccccc3n2)nc1. The molecule has 122 valence electrons. The number of fused-ring (bicyclic) bond motifs is 1. The summed E-state index contributed by atoms with van der Waals surface area (Å²) >= 11 is 0. The predicted octanol–water partition coefficient (Wildman–Crippen LogP) is 2.97. The van der Waals surface area contributed by atoms with Crippen molar-refractivity contribution in [3.63, 3.8) is 0 Å². The fourth-order valence-corrected chi connectivity index (χ4v) is 2.52. The van der Waals surface area contributed by atoms with E-state index in [4.69, 9.17) is 0 Å². The first-order valence-corrected chi connectivity index (χ1v) is 7.78. The first-order chi connectivity index (χ1) is 11.5. The van der Waals surface area contributed by atoms with Gasteiger partial charge in [-0.3, -0.25) is 9.78 Å². The van der Waals surface area contributed by atoms with Gasteiger partial charge in [-0.05, 0) is 24.3 Å². The number of aromatic nitrogens is 2. The van der Waals surface area contributed by atoms with Gasteiger partial charge in [0.25, 0.3) is 5.91 Å². The molecule has 0 aliphatic rings. The van der Waals surface area contributed by atoms with Gasteiger partial charge in [-0.25, -0.2) is 4.98 Å². The van der Waals surface area contributed by atoms with Crippen molar-refractivity contribution in [2.75, 3.05) is 26.0 Å². The molecule has 3 rings (SSSR count). The van der Waals surface area contributed by atoms with E-state index in [9.17, 15) is 4.79 Å². The van der Waals surface area contributed by atoms with Gasteiger partial charge in [0.1, 0.15) is 5.82 Å². The van der Waals surface area contributed by atoms with Crippen molar-refractivity contribution in [3.8, 4) is 0 Å². The Kier molecular flexibility index (Phi) is 4.42. The van der Waals surface area contributed by atoms with E-state index >= 15 is 0 Å². The number of hydrogen-bond donors (Lipinski definition) is 0. The van der Waals surface area contributed by atoms with Crippen molar-refractivity contribution in [1.82, 2.24) is 14.9 Å². The summed E-state index contributed by atoms with van der Waals surface area (Å²) in [6.07, 6.45) is 1.61. The van der Waals surface area contributed by atoms with Crippen LogP contribution in [0.5, 0.6) is 0 Å². The number of hydrogen-bond acceptors (Lipinski definition) is 4. The lowest BCUT2D eigenvalue weighted by molar-refractivity contribution is 0.0827. The smallest absolute Gasteiger partial charge is 0.254 e. The van der Waals surface area contributed by atoms with Crippen molar-refractivity contribution < 1.29 is 4.79 Å². The van der Waals surface area contributed by atoms with Gasteiger partial charge in [0.2, 0.25) is 0 Å². The minimum atomic E-state index is -0.0482. The van der Waals surface area contributed by atoms with Gasteiger partial charge in [-0.1, -0.05) is 24.3 Å². The number of benzene rings is 1. The third-order valence-electron chi connectivity index (χ3n) is 3.85. The largest absolute Gasteiger partial charge is 0.354 e. The molecule has 2 heterocycles. The van der Waals surface area contributed by atoms with Gasteiger partial charge in [0.15, 0.2) is 0 Å². The number of rotatable bonds is 4. The maximum atomic E-state index is 11.9. The van der Waals surface area contributed by atoms with Crippen LogP contribution in [-0.2, 0) is 6.54 Å².